The van der Waals surface area contributed by atoms with Gasteiger partial charge in [-0.2, -0.15) is 4.99 Å². The van der Waals surface area contributed by atoms with Gasteiger partial charge in [-0.3, -0.25) is 0 Å². The monoisotopic (exact) mass is 174 g/mol. The van der Waals surface area contributed by atoms with Crippen LogP contribution in [0.5, 0.6) is 0 Å². The Hall–Kier alpha value is -2.00. The molecule has 0 unspecified atom stereocenters. The van der Waals surface area contributed by atoms with E-state index in [0.717, 1.165) is 11.0 Å². The second-order valence-electron chi connectivity index (χ2n) is 2.47. The third-order valence-electron chi connectivity index (χ3n) is 1.69. The molecule has 0 saturated heterocycles. The van der Waals surface area contributed by atoms with E-state index in [0.29, 0.717) is 0 Å². The first kappa shape index (κ1) is 7.64. The van der Waals surface area contributed by atoms with Crippen LogP contribution in [-0.4, -0.2) is 21.1 Å². The zero-order chi connectivity index (χ0) is 9.10. The zero-order valence-corrected chi connectivity index (χ0v) is 6.71. The van der Waals surface area contributed by atoms with Crippen LogP contribution >= 0.6 is 0 Å². The molecule has 13 heavy (non-hydrogen) atoms. The first-order chi connectivity index (χ1) is 6.42. The maximum absolute atomic E-state index is 9.88. The zero-order valence-electron chi connectivity index (χ0n) is 6.71. The van der Waals surface area contributed by atoms with Gasteiger partial charge in [0.15, 0.2) is 0 Å². The Morgan fingerprint density at radius 3 is 3.15 bits per heavy atom. The number of aliphatic imine (C=N–C) groups is 1. The lowest BCUT2D eigenvalue weighted by Gasteiger charge is -1.93. The molecule has 0 amide bonds. The van der Waals surface area contributed by atoms with E-state index in [1.165, 1.54) is 6.08 Å². The number of benzene rings is 1. The summed E-state index contributed by atoms with van der Waals surface area (Å²) < 4.78 is 1.54. The molecule has 0 radical (unpaired) electrons. The summed E-state index contributed by atoms with van der Waals surface area (Å²) in [5.74, 6) is 0. The van der Waals surface area contributed by atoms with Crippen molar-refractivity contribution >= 4 is 17.1 Å². The third-order valence-corrected chi connectivity index (χ3v) is 1.69. The Balaban J connectivity index is 2.51. The number of rotatable bonds is 2. The molecule has 0 aliphatic heterocycles. The van der Waals surface area contributed by atoms with Gasteiger partial charge in [-0.15, -0.1) is 5.10 Å². The lowest BCUT2D eigenvalue weighted by Crippen LogP contribution is -1.96. The van der Waals surface area contributed by atoms with Gasteiger partial charge in [0.05, 0.1) is 5.52 Å². The molecule has 0 aliphatic rings. The average molecular weight is 174 g/mol. The summed E-state index contributed by atoms with van der Waals surface area (Å²) in [6.45, 7) is 0.171. The minimum Gasteiger partial charge on any atom is -0.222 e. The van der Waals surface area contributed by atoms with Gasteiger partial charge in [-0.1, -0.05) is 17.3 Å². The lowest BCUT2D eigenvalue weighted by atomic mass is 10.3. The molecule has 5 nitrogen and oxygen atoms in total. The summed E-state index contributed by atoms with van der Waals surface area (Å²) in [4.78, 5) is 13.3. The molecule has 0 saturated carbocycles. The van der Waals surface area contributed by atoms with Crippen molar-refractivity contribution in [2.45, 2.75) is 6.67 Å². The van der Waals surface area contributed by atoms with Crippen molar-refractivity contribution in [3.63, 3.8) is 0 Å². The molecule has 0 fully saturated rings. The van der Waals surface area contributed by atoms with E-state index in [1.807, 2.05) is 24.3 Å². The van der Waals surface area contributed by atoms with Gasteiger partial charge in [0.2, 0.25) is 6.08 Å². The first-order valence-corrected chi connectivity index (χ1v) is 3.73. The van der Waals surface area contributed by atoms with Crippen LogP contribution in [0.15, 0.2) is 29.3 Å². The maximum Gasteiger partial charge on any atom is 0.236 e. The van der Waals surface area contributed by atoms with E-state index < -0.39 is 0 Å². The van der Waals surface area contributed by atoms with Gasteiger partial charge in [-0.25, -0.2) is 9.48 Å². The van der Waals surface area contributed by atoms with Crippen LogP contribution in [0.1, 0.15) is 0 Å². The number of aromatic nitrogens is 3. The topological polar surface area (TPSA) is 60.1 Å². The molecule has 1 aromatic carbocycles. The van der Waals surface area contributed by atoms with Crippen LogP contribution in [0.4, 0.5) is 0 Å². The average Bonchev–Trinajstić information content (AvgIpc) is 2.58. The fourth-order valence-corrected chi connectivity index (χ4v) is 1.12. The van der Waals surface area contributed by atoms with Gasteiger partial charge in [0, 0.05) is 0 Å². The standard InChI is InChI=1S/C8H6N4O/c13-6-9-5-12-8-4-2-1-3-7(8)10-11-12/h1-4H,5H2. The highest BCUT2D eigenvalue weighted by atomic mass is 16.1. The number of fused-ring (bicyclic) bond motifs is 1. The molecule has 0 spiro atoms. The minimum atomic E-state index is 0.171. The van der Waals surface area contributed by atoms with Crippen molar-refractivity contribution in [1.29, 1.82) is 0 Å². The van der Waals surface area contributed by atoms with E-state index in [2.05, 4.69) is 15.3 Å². The predicted molar refractivity (Wildman–Crippen MR) is 45.6 cm³/mol. The van der Waals surface area contributed by atoms with E-state index in [-0.39, 0.29) is 6.67 Å². The summed E-state index contributed by atoms with van der Waals surface area (Å²) in [6, 6.07) is 7.48. The van der Waals surface area contributed by atoms with Crippen molar-refractivity contribution < 1.29 is 4.79 Å². The van der Waals surface area contributed by atoms with E-state index in [1.54, 1.807) is 4.68 Å². The fraction of sp³-hybridized carbons (Fsp3) is 0.125. The Kier molecular flexibility index (Phi) is 1.86. The number of hydrogen-bond donors (Lipinski definition) is 0. The number of carbonyl (C=O) groups excluding carboxylic acids is 1. The SMILES string of the molecule is O=C=NCn1nnc2ccccc21. The van der Waals surface area contributed by atoms with Crippen LogP contribution in [0.25, 0.3) is 11.0 Å². The van der Waals surface area contributed by atoms with Crippen molar-refractivity contribution in [3.05, 3.63) is 24.3 Å². The number of hydrogen-bond acceptors (Lipinski definition) is 4. The normalized spacial score (nSPS) is 9.85. The molecule has 2 rings (SSSR count). The van der Waals surface area contributed by atoms with Crippen LogP contribution in [-0.2, 0) is 11.5 Å². The van der Waals surface area contributed by atoms with E-state index in [9.17, 15) is 4.79 Å². The predicted octanol–water partition coefficient (Wildman–Crippen LogP) is 0.725. The lowest BCUT2D eigenvalue weighted by molar-refractivity contribution is 0.553. The molecule has 64 valence electrons. The molecule has 2 aromatic rings. The smallest absolute Gasteiger partial charge is 0.222 e. The number of para-hydroxylation sites is 1. The Bertz CT molecular complexity index is 470. The van der Waals surface area contributed by atoms with Gasteiger partial charge in [-0.05, 0) is 12.1 Å². The molecule has 5 heteroatoms. The molecule has 1 heterocycles. The fourth-order valence-electron chi connectivity index (χ4n) is 1.12. The highest BCUT2D eigenvalue weighted by molar-refractivity contribution is 5.73. The van der Waals surface area contributed by atoms with Crippen molar-refractivity contribution in [2.75, 3.05) is 0 Å². The van der Waals surface area contributed by atoms with E-state index >= 15 is 0 Å². The van der Waals surface area contributed by atoms with Crippen molar-refractivity contribution in [2.24, 2.45) is 4.99 Å². The maximum atomic E-state index is 9.88. The summed E-state index contributed by atoms with van der Waals surface area (Å²) >= 11 is 0. The van der Waals surface area contributed by atoms with Crippen LogP contribution < -0.4 is 0 Å². The quantitative estimate of drug-likeness (QED) is 0.498. The van der Waals surface area contributed by atoms with Gasteiger partial charge >= 0.3 is 0 Å². The molecular weight excluding hydrogens is 168 g/mol. The summed E-state index contributed by atoms with van der Waals surface area (Å²) in [5, 5.41) is 7.72. The Morgan fingerprint density at radius 2 is 2.31 bits per heavy atom. The summed E-state index contributed by atoms with van der Waals surface area (Å²) in [5.41, 5.74) is 1.66. The highest BCUT2D eigenvalue weighted by Crippen LogP contribution is 2.08. The largest absolute Gasteiger partial charge is 0.236 e. The molecule has 0 atom stereocenters. The minimum absolute atomic E-state index is 0.171. The van der Waals surface area contributed by atoms with Crippen molar-refractivity contribution in [3.8, 4) is 0 Å². The van der Waals surface area contributed by atoms with Gasteiger partial charge in [0.25, 0.3) is 0 Å². The number of nitrogens with zero attached hydrogens (tertiary/aromatic N) is 4. The van der Waals surface area contributed by atoms with Crippen LogP contribution in [0.3, 0.4) is 0 Å². The van der Waals surface area contributed by atoms with Gasteiger partial charge < -0.3 is 0 Å². The Morgan fingerprint density at radius 1 is 1.46 bits per heavy atom. The van der Waals surface area contributed by atoms with Crippen LogP contribution in [0, 0.1) is 0 Å². The summed E-state index contributed by atoms with van der Waals surface area (Å²) in [7, 11) is 0. The molecule has 0 aliphatic carbocycles. The molecular formula is C8H6N4O. The van der Waals surface area contributed by atoms with Crippen LogP contribution in [0.2, 0.25) is 0 Å². The number of isocyanates is 1. The van der Waals surface area contributed by atoms with Gasteiger partial charge in [0.1, 0.15) is 12.2 Å². The molecule has 1 aromatic heterocycles. The molecule has 0 bridgehead atoms. The van der Waals surface area contributed by atoms with Crippen molar-refractivity contribution in [1.82, 2.24) is 15.0 Å². The molecule has 0 N–H and O–H groups in total. The third kappa shape index (κ3) is 1.32. The summed E-state index contributed by atoms with van der Waals surface area (Å²) in [6.07, 6.45) is 1.46. The Labute approximate surface area is 73.7 Å². The first-order valence-electron chi connectivity index (χ1n) is 3.73. The second kappa shape index (κ2) is 3.16. The highest BCUT2D eigenvalue weighted by Gasteiger charge is 2.00. The van der Waals surface area contributed by atoms with E-state index in [4.69, 9.17) is 0 Å². The second-order valence-corrected chi connectivity index (χ2v) is 2.47.